The second kappa shape index (κ2) is 7.53. The Labute approximate surface area is 151 Å². The summed E-state index contributed by atoms with van der Waals surface area (Å²) in [6, 6.07) is 17.4. The van der Waals surface area contributed by atoms with Crippen LogP contribution in [0, 0.1) is 0 Å². The molecule has 0 saturated carbocycles. The summed E-state index contributed by atoms with van der Waals surface area (Å²) in [5.74, 6) is -0.431. The van der Waals surface area contributed by atoms with E-state index in [1.54, 1.807) is 4.57 Å². The van der Waals surface area contributed by atoms with Crippen molar-refractivity contribution in [3.05, 3.63) is 71.1 Å². The van der Waals surface area contributed by atoms with Gasteiger partial charge in [0.15, 0.2) is 0 Å². The minimum Gasteiger partial charge on any atom is -0.334 e. The highest BCUT2D eigenvalue weighted by Gasteiger charge is 2.17. The first-order valence-electron chi connectivity index (χ1n) is 8.20. The standard InChI is InChI=1S/C20H19ClN2O2/c1-2-18(22-19(24)12-21)23-13-17(14-8-4-3-5-9-14)15-10-6-7-11-16(15)20(23)25/h3-11,13,18H,2,12H2,1H3,(H,22,24). The van der Waals surface area contributed by atoms with E-state index in [4.69, 9.17) is 11.6 Å². The summed E-state index contributed by atoms with van der Waals surface area (Å²) in [5.41, 5.74) is 1.84. The second-order valence-corrected chi connectivity index (χ2v) is 6.06. The van der Waals surface area contributed by atoms with Crippen molar-refractivity contribution in [1.82, 2.24) is 9.88 Å². The van der Waals surface area contributed by atoms with Gasteiger partial charge in [0.1, 0.15) is 12.0 Å². The van der Waals surface area contributed by atoms with Crippen molar-refractivity contribution in [2.24, 2.45) is 0 Å². The van der Waals surface area contributed by atoms with Gasteiger partial charge < -0.3 is 5.32 Å². The normalized spacial score (nSPS) is 12.1. The van der Waals surface area contributed by atoms with E-state index in [0.29, 0.717) is 11.8 Å². The Morgan fingerprint density at radius 1 is 1.08 bits per heavy atom. The molecule has 1 heterocycles. The van der Waals surface area contributed by atoms with Crippen LogP contribution < -0.4 is 10.9 Å². The Hall–Kier alpha value is -2.59. The molecule has 0 saturated heterocycles. The summed E-state index contributed by atoms with van der Waals surface area (Å²) < 4.78 is 1.59. The van der Waals surface area contributed by atoms with Crippen LogP contribution in [-0.4, -0.2) is 16.4 Å². The Bertz CT molecular complexity index is 951. The minimum atomic E-state index is -0.439. The molecule has 128 valence electrons. The van der Waals surface area contributed by atoms with Gasteiger partial charge in [0.05, 0.1) is 0 Å². The number of carbonyl (C=O) groups excluding carboxylic acids is 1. The monoisotopic (exact) mass is 354 g/mol. The maximum Gasteiger partial charge on any atom is 0.260 e. The van der Waals surface area contributed by atoms with Gasteiger partial charge >= 0.3 is 0 Å². The molecule has 1 aromatic heterocycles. The van der Waals surface area contributed by atoms with Crippen LogP contribution >= 0.6 is 11.6 Å². The third kappa shape index (κ3) is 3.44. The van der Waals surface area contributed by atoms with Crippen LogP contribution in [0.25, 0.3) is 21.9 Å². The first kappa shape index (κ1) is 17.2. The fourth-order valence-corrected chi connectivity index (χ4v) is 3.06. The van der Waals surface area contributed by atoms with E-state index in [9.17, 15) is 9.59 Å². The van der Waals surface area contributed by atoms with E-state index in [2.05, 4.69) is 5.32 Å². The molecule has 1 amide bonds. The quantitative estimate of drug-likeness (QED) is 0.706. The van der Waals surface area contributed by atoms with E-state index in [-0.39, 0.29) is 17.3 Å². The summed E-state index contributed by atoms with van der Waals surface area (Å²) in [7, 11) is 0. The zero-order valence-electron chi connectivity index (χ0n) is 13.9. The predicted octanol–water partition coefficient (Wildman–Crippen LogP) is 3.93. The number of benzene rings is 2. The Morgan fingerprint density at radius 2 is 1.72 bits per heavy atom. The van der Waals surface area contributed by atoms with Gasteiger partial charge in [-0.15, -0.1) is 11.6 Å². The van der Waals surface area contributed by atoms with E-state index >= 15 is 0 Å². The third-order valence-corrected chi connectivity index (χ3v) is 4.45. The molecular weight excluding hydrogens is 336 g/mol. The van der Waals surface area contributed by atoms with Gasteiger partial charge in [0.2, 0.25) is 5.91 Å². The molecule has 3 aromatic rings. The number of aromatic nitrogens is 1. The van der Waals surface area contributed by atoms with Gasteiger partial charge in [-0.1, -0.05) is 55.5 Å². The first-order valence-corrected chi connectivity index (χ1v) is 8.73. The lowest BCUT2D eigenvalue weighted by Gasteiger charge is -2.21. The van der Waals surface area contributed by atoms with Gasteiger partial charge in [0, 0.05) is 17.1 Å². The van der Waals surface area contributed by atoms with Crippen molar-refractivity contribution in [2.75, 3.05) is 5.88 Å². The molecule has 0 radical (unpaired) electrons. The second-order valence-electron chi connectivity index (χ2n) is 5.79. The van der Waals surface area contributed by atoms with Crippen LogP contribution in [0.1, 0.15) is 19.5 Å². The maximum atomic E-state index is 13.0. The molecule has 0 aliphatic heterocycles. The number of hydrogen-bond donors (Lipinski definition) is 1. The van der Waals surface area contributed by atoms with E-state index in [1.165, 1.54) is 0 Å². The Kier molecular flexibility index (Phi) is 5.19. The first-order chi connectivity index (χ1) is 12.2. The third-order valence-electron chi connectivity index (χ3n) is 4.21. The SMILES string of the molecule is CCC(NC(=O)CCl)n1cc(-c2ccccc2)c2ccccc2c1=O. The van der Waals surface area contributed by atoms with Crippen LogP contribution in [-0.2, 0) is 4.79 Å². The van der Waals surface area contributed by atoms with Gasteiger partial charge in [-0.05, 0) is 23.4 Å². The molecule has 25 heavy (non-hydrogen) atoms. The zero-order chi connectivity index (χ0) is 17.8. The van der Waals surface area contributed by atoms with Crippen LogP contribution in [0.3, 0.4) is 0 Å². The highest BCUT2D eigenvalue weighted by Crippen LogP contribution is 2.27. The number of carbonyl (C=O) groups is 1. The average Bonchev–Trinajstić information content (AvgIpc) is 2.67. The number of nitrogens with zero attached hydrogens (tertiary/aromatic N) is 1. The van der Waals surface area contributed by atoms with Gasteiger partial charge in [-0.3, -0.25) is 14.2 Å². The van der Waals surface area contributed by atoms with Gasteiger partial charge in [-0.2, -0.15) is 0 Å². The van der Waals surface area contributed by atoms with Crippen LogP contribution in [0.2, 0.25) is 0 Å². The molecule has 0 aliphatic carbocycles. The van der Waals surface area contributed by atoms with Crippen molar-refractivity contribution >= 4 is 28.3 Å². The highest BCUT2D eigenvalue weighted by atomic mass is 35.5. The van der Waals surface area contributed by atoms with Crippen LogP contribution in [0.4, 0.5) is 0 Å². The number of amides is 1. The number of pyridine rings is 1. The smallest absolute Gasteiger partial charge is 0.260 e. The Morgan fingerprint density at radius 3 is 2.36 bits per heavy atom. The van der Waals surface area contributed by atoms with Gasteiger partial charge in [-0.25, -0.2) is 0 Å². The maximum absolute atomic E-state index is 13.0. The summed E-state index contributed by atoms with van der Waals surface area (Å²) >= 11 is 5.60. The summed E-state index contributed by atoms with van der Waals surface area (Å²) in [4.78, 5) is 24.7. The predicted molar refractivity (Wildman–Crippen MR) is 102 cm³/mol. The number of alkyl halides is 1. The van der Waals surface area contributed by atoms with Crippen molar-refractivity contribution in [2.45, 2.75) is 19.5 Å². The van der Waals surface area contributed by atoms with Crippen LogP contribution in [0.5, 0.6) is 0 Å². The van der Waals surface area contributed by atoms with Gasteiger partial charge in [0.25, 0.3) is 5.56 Å². The molecule has 1 N–H and O–H groups in total. The van der Waals surface area contributed by atoms with E-state index in [1.807, 2.05) is 67.7 Å². The molecule has 5 heteroatoms. The zero-order valence-corrected chi connectivity index (χ0v) is 14.7. The molecular formula is C20H19ClN2O2. The fraction of sp³-hybridized carbons (Fsp3) is 0.200. The molecule has 2 aromatic carbocycles. The number of halogens is 1. The summed E-state index contributed by atoms with van der Waals surface area (Å²) in [6.45, 7) is 1.92. The summed E-state index contributed by atoms with van der Waals surface area (Å²) in [6.07, 6.45) is 1.96. The number of rotatable bonds is 5. The van der Waals surface area contributed by atoms with Crippen molar-refractivity contribution < 1.29 is 4.79 Å². The lowest BCUT2D eigenvalue weighted by molar-refractivity contribution is -0.120. The van der Waals surface area contributed by atoms with E-state index in [0.717, 1.165) is 16.5 Å². The molecule has 1 unspecified atom stereocenters. The Balaban J connectivity index is 2.25. The topological polar surface area (TPSA) is 51.1 Å². The average molecular weight is 355 g/mol. The highest BCUT2D eigenvalue weighted by molar-refractivity contribution is 6.27. The van der Waals surface area contributed by atoms with E-state index < -0.39 is 6.17 Å². The summed E-state index contributed by atoms with van der Waals surface area (Å²) in [5, 5.41) is 4.33. The molecule has 0 bridgehead atoms. The molecule has 4 nitrogen and oxygen atoms in total. The number of hydrogen-bond acceptors (Lipinski definition) is 2. The van der Waals surface area contributed by atoms with Crippen molar-refractivity contribution in [3.8, 4) is 11.1 Å². The van der Waals surface area contributed by atoms with Crippen molar-refractivity contribution in [1.29, 1.82) is 0 Å². The molecule has 0 spiro atoms. The molecule has 3 rings (SSSR count). The van der Waals surface area contributed by atoms with Crippen LogP contribution in [0.15, 0.2) is 65.6 Å². The lowest BCUT2D eigenvalue weighted by Crippen LogP contribution is -2.38. The molecule has 0 fully saturated rings. The largest absolute Gasteiger partial charge is 0.334 e. The van der Waals surface area contributed by atoms with Crippen molar-refractivity contribution in [3.63, 3.8) is 0 Å². The lowest BCUT2D eigenvalue weighted by atomic mass is 10.0. The minimum absolute atomic E-state index is 0.128. The molecule has 0 aliphatic rings. The number of fused-ring (bicyclic) bond motifs is 1. The number of nitrogens with one attached hydrogen (secondary N) is 1. The fourth-order valence-electron chi connectivity index (χ4n) is 2.98. The molecule has 1 atom stereocenters.